The van der Waals surface area contributed by atoms with Crippen molar-refractivity contribution in [3.8, 4) is 11.5 Å². The van der Waals surface area contributed by atoms with E-state index in [4.69, 9.17) is 14.2 Å². The fourth-order valence-electron chi connectivity index (χ4n) is 3.79. The minimum absolute atomic E-state index is 0. The molecule has 2 aromatic rings. The predicted molar refractivity (Wildman–Crippen MR) is 145 cm³/mol. The van der Waals surface area contributed by atoms with Gasteiger partial charge in [-0.25, -0.2) is 0 Å². The van der Waals surface area contributed by atoms with Crippen molar-refractivity contribution in [3.63, 3.8) is 0 Å². The van der Waals surface area contributed by atoms with Gasteiger partial charge in [0.2, 0.25) is 0 Å². The van der Waals surface area contributed by atoms with Gasteiger partial charge in [0.15, 0.2) is 17.5 Å². The van der Waals surface area contributed by atoms with Crippen molar-refractivity contribution in [2.75, 3.05) is 39.7 Å². The fraction of sp³-hybridized carbons (Fsp3) is 0.480. The largest absolute Gasteiger partial charge is 0.493 e. The number of rotatable bonds is 11. The first-order chi connectivity index (χ1) is 15.7. The number of guanidine groups is 1. The van der Waals surface area contributed by atoms with E-state index in [-0.39, 0.29) is 30.1 Å². The van der Waals surface area contributed by atoms with E-state index < -0.39 is 0 Å². The van der Waals surface area contributed by atoms with Crippen LogP contribution in [0, 0.1) is 0 Å². The van der Waals surface area contributed by atoms with Gasteiger partial charge in [-0.3, -0.25) is 4.99 Å². The van der Waals surface area contributed by atoms with Gasteiger partial charge in [-0.15, -0.1) is 24.0 Å². The molecular formula is C25H37IN4O3. The first-order valence-electron chi connectivity index (χ1n) is 11.3. The molecule has 7 nitrogen and oxygen atoms in total. The second-order valence-corrected chi connectivity index (χ2v) is 7.87. The fourth-order valence-corrected chi connectivity index (χ4v) is 3.79. The average Bonchev–Trinajstić information content (AvgIpc) is 3.34. The number of hydrogen-bond donors (Lipinski definition) is 3. The lowest BCUT2D eigenvalue weighted by Crippen LogP contribution is -2.36. The van der Waals surface area contributed by atoms with E-state index in [1.165, 1.54) is 18.4 Å². The van der Waals surface area contributed by atoms with Crippen molar-refractivity contribution in [2.24, 2.45) is 4.99 Å². The summed E-state index contributed by atoms with van der Waals surface area (Å²) in [6, 6.07) is 14.4. The zero-order valence-corrected chi connectivity index (χ0v) is 22.2. The molecule has 2 aromatic carbocycles. The highest BCUT2D eigenvalue weighted by Crippen LogP contribution is 2.34. The van der Waals surface area contributed by atoms with E-state index in [0.717, 1.165) is 48.1 Å². The lowest BCUT2D eigenvalue weighted by Gasteiger charge is -2.20. The van der Waals surface area contributed by atoms with E-state index in [1.807, 2.05) is 12.1 Å². The summed E-state index contributed by atoms with van der Waals surface area (Å²) in [7, 11) is 5.17. The van der Waals surface area contributed by atoms with Crippen LogP contribution >= 0.6 is 24.0 Å². The molecule has 0 unspecified atom stereocenters. The summed E-state index contributed by atoms with van der Waals surface area (Å²) in [5.74, 6) is 2.35. The molecular weight excluding hydrogens is 531 g/mol. The van der Waals surface area contributed by atoms with Crippen LogP contribution in [0.3, 0.4) is 0 Å². The zero-order chi connectivity index (χ0) is 22.6. The van der Waals surface area contributed by atoms with Crippen molar-refractivity contribution >= 4 is 35.6 Å². The third-order valence-electron chi connectivity index (χ3n) is 5.59. The van der Waals surface area contributed by atoms with Crippen LogP contribution in [-0.4, -0.2) is 46.5 Å². The molecule has 182 valence electrons. The molecule has 1 aliphatic rings. The Hall–Kier alpha value is -2.20. The van der Waals surface area contributed by atoms with Crippen LogP contribution in [0.2, 0.25) is 0 Å². The molecule has 1 aliphatic carbocycles. The summed E-state index contributed by atoms with van der Waals surface area (Å²) in [6.07, 6.45) is 4.95. The zero-order valence-electron chi connectivity index (χ0n) is 19.9. The second kappa shape index (κ2) is 14.8. The van der Waals surface area contributed by atoms with Gasteiger partial charge in [0.25, 0.3) is 0 Å². The van der Waals surface area contributed by atoms with Gasteiger partial charge < -0.3 is 30.2 Å². The Kier molecular flexibility index (Phi) is 12.2. The average molecular weight is 569 g/mol. The normalized spacial score (nSPS) is 13.8. The molecule has 0 heterocycles. The van der Waals surface area contributed by atoms with E-state index in [1.54, 1.807) is 21.3 Å². The topological polar surface area (TPSA) is 76.1 Å². The summed E-state index contributed by atoms with van der Waals surface area (Å²) in [4.78, 5) is 4.36. The number of halogens is 1. The van der Waals surface area contributed by atoms with Gasteiger partial charge in [-0.05, 0) is 49.4 Å². The highest BCUT2D eigenvalue weighted by atomic mass is 127. The second-order valence-electron chi connectivity index (χ2n) is 7.87. The molecule has 3 rings (SSSR count). The van der Waals surface area contributed by atoms with Crippen molar-refractivity contribution in [3.05, 3.63) is 53.6 Å². The lowest BCUT2D eigenvalue weighted by molar-refractivity contribution is 0.198. The maximum atomic E-state index is 6.33. The molecule has 0 amide bonds. The molecule has 33 heavy (non-hydrogen) atoms. The number of ether oxygens (including phenoxy) is 3. The minimum atomic E-state index is 0. The monoisotopic (exact) mass is 568 g/mol. The molecule has 1 fully saturated rings. The van der Waals surface area contributed by atoms with Crippen LogP contribution in [0.15, 0.2) is 47.5 Å². The Morgan fingerprint density at radius 3 is 2.39 bits per heavy atom. The van der Waals surface area contributed by atoms with Gasteiger partial charge >= 0.3 is 0 Å². The standard InChI is InChI=1S/C25H36N4O3.HI/c1-26-25(28-17-19-11-13-21(14-12-19)27-15-16-30-2)29-18-20-7-6-10-23(31-3)24(20)32-22-8-4-5-9-22;/h6-7,10-14,22,27H,4-5,8-9,15-18H2,1-3H3,(H2,26,28,29);1H. The number of aliphatic imine (C=N–C) groups is 1. The van der Waals surface area contributed by atoms with Crippen LogP contribution in [0.1, 0.15) is 36.8 Å². The van der Waals surface area contributed by atoms with E-state index >= 15 is 0 Å². The smallest absolute Gasteiger partial charge is 0.191 e. The van der Waals surface area contributed by atoms with Crippen molar-refractivity contribution in [1.29, 1.82) is 0 Å². The molecule has 0 bridgehead atoms. The third-order valence-corrected chi connectivity index (χ3v) is 5.59. The number of anilines is 1. The summed E-state index contributed by atoms with van der Waals surface area (Å²) in [6.45, 7) is 2.76. The van der Waals surface area contributed by atoms with E-state index in [9.17, 15) is 0 Å². The number of nitrogens with one attached hydrogen (secondary N) is 3. The van der Waals surface area contributed by atoms with Gasteiger partial charge in [-0.2, -0.15) is 0 Å². The Bertz CT molecular complexity index is 855. The molecule has 3 N–H and O–H groups in total. The molecule has 8 heteroatoms. The van der Waals surface area contributed by atoms with E-state index in [2.05, 4.69) is 51.3 Å². The molecule has 0 aromatic heterocycles. The SMILES string of the molecule is CN=C(NCc1ccc(NCCOC)cc1)NCc1cccc(OC)c1OC1CCCC1.I. The summed E-state index contributed by atoms with van der Waals surface area (Å²) < 4.78 is 17.0. The van der Waals surface area contributed by atoms with Crippen molar-refractivity contribution < 1.29 is 14.2 Å². The first kappa shape index (κ1) is 27.0. The van der Waals surface area contributed by atoms with Gasteiger partial charge in [-0.1, -0.05) is 24.3 Å². The minimum Gasteiger partial charge on any atom is -0.493 e. The number of hydrogen-bond acceptors (Lipinski definition) is 5. The summed E-state index contributed by atoms with van der Waals surface area (Å²) >= 11 is 0. The van der Waals surface area contributed by atoms with Crippen LogP contribution in [0.25, 0.3) is 0 Å². The van der Waals surface area contributed by atoms with Crippen molar-refractivity contribution in [2.45, 2.75) is 44.9 Å². The highest BCUT2D eigenvalue weighted by Gasteiger charge is 2.20. The van der Waals surface area contributed by atoms with Crippen LogP contribution in [0.4, 0.5) is 5.69 Å². The number of methoxy groups -OCH3 is 2. The van der Waals surface area contributed by atoms with Crippen LogP contribution in [-0.2, 0) is 17.8 Å². The molecule has 0 saturated heterocycles. The Morgan fingerprint density at radius 1 is 1.00 bits per heavy atom. The van der Waals surface area contributed by atoms with Gasteiger partial charge in [0.05, 0.1) is 19.8 Å². The van der Waals surface area contributed by atoms with E-state index in [0.29, 0.717) is 19.7 Å². The first-order valence-corrected chi connectivity index (χ1v) is 11.3. The highest BCUT2D eigenvalue weighted by molar-refractivity contribution is 14.0. The molecule has 0 radical (unpaired) electrons. The Labute approximate surface area is 214 Å². The molecule has 0 aliphatic heterocycles. The quantitative estimate of drug-likeness (QED) is 0.160. The third kappa shape index (κ3) is 8.58. The Morgan fingerprint density at radius 2 is 1.73 bits per heavy atom. The van der Waals surface area contributed by atoms with Gasteiger partial charge in [0, 0.05) is 45.0 Å². The number of benzene rings is 2. The number of para-hydroxylation sites is 1. The van der Waals surface area contributed by atoms with Crippen LogP contribution < -0.4 is 25.4 Å². The van der Waals surface area contributed by atoms with Crippen molar-refractivity contribution in [1.82, 2.24) is 10.6 Å². The molecule has 0 atom stereocenters. The maximum Gasteiger partial charge on any atom is 0.191 e. The number of nitrogens with zero attached hydrogens (tertiary/aromatic N) is 1. The van der Waals surface area contributed by atoms with Gasteiger partial charge in [0.1, 0.15) is 0 Å². The lowest BCUT2D eigenvalue weighted by atomic mass is 10.1. The van der Waals surface area contributed by atoms with Crippen LogP contribution in [0.5, 0.6) is 11.5 Å². The Balaban J connectivity index is 0.00000385. The molecule has 0 spiro atoms. The summed E-state index contributed by atoms with van der Waals surface area (Å²) in [5.41, 5.74) is 3.32. The maximum absolute atomic E-state index is 6.33. The predicted octanol–water partition coefficient (Wildman–Crippen LogP) is 4.56. The summed E-state index contributed by atoms with van der Waals surface area (Å²) in [5, 5.41) is 10.1. The molecule has 1 saturated carbocycles.